The highest BCUT2D eigenvalue weighted by atomic mass is 32.2. The fourth-order valence-corrected chi connectivity index (χ4v) is 5.90. The van der Waals surface area contributed by atoms with E-state index >= 15 is 0 Å². The molecule has 0 radical (unpaired) electrons. The Morgan fingerprint density at radius 3 is 2.62 bits per heavy atom. The van der Waals surface area contributed by atoms with Gasteiger partial charge in [-0.05, 0) is 65.5 Å². The van der Waals surface area contributed by atoms with Gasteiger partial charge >= 0.3 is 0 Å². The van der Waals surface area contributed by atoms with Crippen LogP contribution in [0.2, 0.25) is 0 Å². The first-order valence-electron chi connectivity index (χ1n) is 7.85. The molecule has 1 fully saturated rings. The number of benzene rings is 2. The number of rotatable bonds is 3. The van der Waals surface area contributed by atoms with E-state index in [2.05, 4.69) is 30.3 Å². The SMILES string of the molecule is O=S1(=O)CCC(CCc2ccc3c4c(cccc24)CC3)C1. The van der Waals surface area contributed by atoms with Crippen molar-refractivity contribution in [3.05, 3.63) is 47.0 Å². The normalized spacial score (nSPS) is 23.0. The van der Waals surface area contributed by atoms with Gasteiger partial charge in [-0.15, -0.1) is 0 Å². The van der Waals surface area contributed by atoms with Crippen LogP contribution in [0.5, 0.6) is 0 Å². The average molecular weight is 300 g/mol. The average Bonchev–Trinajstić information content (AvgIpc) is 3.03. The summed E-state index contributed by atoms with van der Waals surface area (Å²) in [5.41, 5.74) is 4.35. The predicted octanol–water partition coefficient (Wildman–Crippen LogP) is 3.31. The molecular weight excluding hydrogens is 280 g/mol. The van der Waals surface area contributed by atoms with Gasteiger partial charge in [-0.25, -0.2) is 8.42 Å². The number of sulfone groups is 1. The number of hydrogen-bond acceptors (Lipinski definition) is 2. The molecule has 0 saturated carbocycles. The van der Waals surface area contributed by atoms with Crippen LogP contribution in [-0.2, 0) is 29.1 Å². The summed E-state index contributed by atoms with van der Waals surface area (Å²) in [6, 6.07) is 11.2. The molecule has 0 N–H and O–H groups in total. The molecule has 0 bridgehead atoms. The Hall–Kier alpha value is -1.35. The standard InChI is InChI=1S/C18H20O2S/c19-21(20)11-10-13(12-21)4-5-14-6-7-16-9-8-15-2-1-3-17(14)18(15)16/h1-3,6-7,13H,4-5,8-12H2. The molecule has 0 spiro atoms. The number of hydrogen-bond donors (Lipinski definition) is 0. The van der Waals surface area contributed by atoms with Gasteiger partial charge in [0.15, 0.2) is 9.84 Å². The van der Waals surface area contributed by atoms with Crippen LogP contribution in [0.25, 0.3) is 10.8 Å². The lowest BCUT2D eigenvalue weighted by molar-refractivity contribution is 0.543. The van der Waals surface area contributed by atoms with Crippen LogP contribution in [0.3, 0.4) is 0 Å². The van der Waals surface area contributed by atoms with Crippen molar-refractivity contribution in [1.82, 2.24) is 0 Å². The molecule has 1 aliphatic carbocycles. The minimum absolute atomic E-state index is 0.359. The summed E-state index contributed by atoms with van der Waals surface area (Å²) < 4.78 is 23.1. The minimum atomic E-state index is -2.75. The van der Waals surface area contributed by atoms with E-state index in [1.165, 1.54) is 27.5 Å². The van der Waals surface area contributed by atoms with Gasteiger partial charge in [0.05, 0.1) is 11.5 Å². The molecule has 1 saturated heterocycles. The number of aryl methyl sites for hydroxylation is 3. The summed E-state index contributed by atoms with van der Waals surface area (Å²) in [4.78, 5) is 0. The lowest BCUT2D eigenvalue weighted by atomic mass is 9.94. The van der Waals surface area contributed by atoms with Crippen molar-refractivity contribution >= 4 is 20.6 Å². The molecule has 2 aromatic rings. The third kappa shape index (κ3) is 2.38. The van der Waals surface area contributed by atoms with E-state index in [9.17, 15) is 8.42 Å². The Morgan fingerprint density at radius 1 is 1.05 bits per heavy atom. The van der Waals surface area contributed by atoms with Crippen LogP contribution in [0, 0.1) is 5.92 Å². The van der Waals surface area contributed by atoms with Gasteiger partial charge in [-0.3, -0.25) is 0 Å². The second-order valence-electron chi connectivity index (χ2n) is 6.53. The maximum atomic E-state index is 11.6. The molecule has 110 valence electrons. The smallest absolute Gasteiger partial charge is 0.150 e. The maximum absolute atomic E-state index is 11.6. The second kappa shape index (κ2) is 4.84. The zero-order valence-corrected chi connectivity index (χ0v) is 13.0. The van der Waals surface area contributed by atoms with Crippen LogP contribution in [0.15, 0.2) is 30.3 Å². The molecule has 1 atom stereocenters. The van der Waals surface area contributed by atoms with E-state index in [-0.39, 0.29) is 0 Å². The maximum Gasteiger partial charge on any atom is 0.150 e. The summed E-state index contributed by atoms with van der Waals surface area (Å²) in [5, 5.41) is 2.86. The fourth-order valence-electron chi connectivity index (χ4n) is 3.98. The first-order valence-corrected chi connectivity index (χ1v) is 9.67. The highest BCUT2D eigenvalue weighted by Gasteiger charge is 2.27. The highest BCUT2D eigenvalue weighted by Crippen LogP contribution is 2.34. The monoisotopic (exact) mass is 300 g/mol. The van der Waals surface area contributed by atoms with E-state index in [0.717, 1.165) is 32.1 Å². The largest absolute Gasteiger partial charge is 0.229 e. The molecule has 0 amide bonds. The lowest BCUT2D eigenvalue weighted by Crippen LogP contribution is -2.06. The van der Waals surface area contributed by atoms with Crippen molar-refractivity contribution in [2.45, 2.75) is 32.1 Å². The highest BCUT2D eigenvalue weighted by molar-refractivity contribution is 7.91. The quantitative estimate of drug-likeness (QED) is 0.871. The Kier molecular flexibility index (Phi) is 3.07. The first kappa shape index (κ1) is 13.3. The molecule has 2 nitrogen and oxygen atoms in total. The molecule has 21 heavy (non-hydrogen) atoms. The van der Waals surface area contributed by atoms with Crippen molar-refractivity contribution in [2.24, 2.45) is 5.92 Å². The Bertz CT molecular complexity index is 795. The second-order valence-corrected chi connectivity index (χ2v) is 8.76. The van der Waals surface area contributed by atoms with Crippen molar-refractivity contribution in [1.29, 1.82) is 0 Å². The molecule has 3 heteroatoms. The van der Waals surface area contributed by atoms with Crippen molar-refractivity contribution in [2.75, 3.05) is 11.5 Å². The zero-order valence-electron chi connectivity index (χ0n) is 12.1. The molecule has 1 unspecified atom stereocenters. The van der Waals surface area contributed by atoms with Crippen LogP contribution in [0.4, 0.5) is 0 Å². The topological polar surface area (TPSA) is 34.1 Å². The van der Waals surface area contributed by atoms with Gasteiger partial charge in [0.1, 0.15) is 0 Å². The van der Waals surface area contributed by atoms with Crippen molar-refractivity contribution in [3.8, 4) is 0 Å². The van der Waals surface area contributed by atoms with E-state index in [1.54, 1.807) is 0 Å². The predicted molar refractivity (Wildman–Crippen MR) is 86.4 cm³/mol. The molecular formula is C18H20O2S. The Balaban J connectivity index is 1.61. The summed E-state index contributed by atoms with van der Waals surface area (Å²) in [5.74, 6) is 1.15. The summed E-state index contributed by atoms with van der Waals surface area (Å²) >= 11 is 0. The third-order valence-electron chi connectivity index (χ3n) is 5.12. The van der Waals surface area contributed by atoms with E-state index in [0.29, 0.717) is 17.4 Å². The van der Waals surface area contributed by atoms with Crippen LogP contribution >= 0.6 is 0 Å². The molecule has 2 aromatic carbocycles. The molecule has 1 heterocycles. The van der Waals surface area contributed by atoms with Gasteiger partial charge in [-0.1, -0.05) is 30.3 Å². The summed E-state index contributed by atoms with van der Waals surface area (Å²) in [6.07, 6.45) is 5.18. The Labute approximate surface area is 126 Å². The van der Waals surface area contributed by atoms with Crippen molar-refractivity contribution in [3.63, 3.8) is 0 Å². The molecule has 2 aliphatic rings. The van der Waals surface area contributed by atoms with Crippen molar-refractivity contribution < 1.29 is 8.42 Å². The van der Waals surface area contributed by atoms with Gasteiger partial charge in [0.25, 0.3) is 0 Å². The molecule has 0 aromatic heterocycles. The van der Waals surface area contributed by atoms with Gasteiger partial charge in [0, 0.05) is 0 Å². The van der Waals surface area contributed by atoms with Gasteiger partial charge in [-0.2, -0.15) is 0 Å². The van der Waals surface area contributed by atoms with Gasteiger partial charge < -0.3 is 0 Å². The summed E-state index contributed by atoms with van der Waals surface area (Å²) in [6.45, 7) is 0. The van der Waals surface area contributed by atoms with E-state index in [1.807, 2.05) is 0 Å². The zero-order chi connectivity index (χ0) is 14.4. The fraction of sp³-hybridized carbons (Fsp3) is 0.444. The van der Waals surface area contributed by atoms with Crippen LogP contribution in [-0.4, -0.2) is 19.9 Å². The van der Waals surface area contributed by atoms with Crippen LogP contribution in [0.1, 0.15) is 29.5 Å². The summed E-state index contributed by atoms with van der Waals surface area (Å²) in [7, 11) is -2.75. The van der Waals surface area contributed by atoms with Gasteiger partial charge in [0.2, 0.25) is 0 Å². The Morgan fingerprint density at radius 2 is 1.86 bits per heavy atom. The first-order chi connectivity index (χ1) is 10.1. The lowest BCUT2D eigenvalue weighted by Gasteiger charge is -2.11. The third-order valence-corrected chi connectivity index (χ3v) is 6.95. The molecule has 4 rings (SSSR count). The van der Waals surface area contributed by atoms with Crippen LogP contribution < -0.4 is 0 Å². The minimum Gasteiger partial charge on any atom is -0.229 e. The van der Waals surface area contributed by atoms with E-state index < -0.39 is 9.84 Å². The molecule has 1 aliphatic heterocycles. The van der Waals surface area contributed by atoms with E-state index in [4.69, 9.17) is 0 Å².